The predicted molar refractivity (Wildman–Crippen MR) is 119 cm³/mol. The number of carbonyl (C=O) groups is 1. The van der Waals surface area contributed by atoms with Crippen LogP contribution in [0.15, 0.2) is 36.7 Å². The molecule has 2 heterocycles. The Kier molecular flexibility index (Phi) is 7.06. The van der Waals surface area contributed by atoms with Crippen molar-refractivity contribution in [1.29, 1.82) is 0 Å². The van der Waals surface area contributed by atoms with Crippen LogP contribution in [0.1, 0.15) is 35.7 Å². The molecule has 30 heavy (non-hydrogen) atoms. The number of thiophene rings is 1. The second-order valence-corrected chi connectivity index (χ2v) is 9.31. The fraction of sp³-hybridized carbons (Fsp3) is 0.333. The van der Waals surface area contributed by atoms with E-state index in [-0.39, 0.29) is 0 Å². The van der Waals surface area contributed by atoms with E-state index in [2.05, 4.69) is 29.5 Å². The molecule has 0 aliphatic heterocycles. The van der Waals surface area contributed by atoms with Crippen molar-refractivity contribution in [2.45, 2.75) is 40.7 Å². The standard InChI is InChI=1S/C21H25N3O4S2/c1-13(2)9-17-11-19(20(29-17)28-21(25)23-30(26)27)18-6-5-16(10-14(18)3)12-24-8-7-22-15(24)4/h5-8,10-11,13H,9,12H2,1-4H3,(H,23,25)(H,26,27). The van der Waals surface area contributed by atoms with Gasteiger partial charge < -0.3 is 9.30 Å². The molecule has 1 amide bonds. The van der Waals surface area contributed by atoms with E-state index in [1.54, 1.807) is 6.20 Å². The van der Waals surface area contributed by atoms with Gasteiger partial charge in [0.15, 0.2) is 5.06 Å². The molecule has 0 aliphatic rings. The first-order valence-corrected chi connectivity index (χ1v) is 11.4. The zero-order valence-corrected chi connectivity index (χ0v) is 19.0. The van der Waals surface area contributed by atoms with E-state index < -0.39 is 17.4 Å². The van der Waals surface area contributed by atoms with Crippen molar-refractivity contribution in [3.8, 4) is 16.2 Å². The number of hydrogen-bond donors (Lipinski definition) is 2. The van der Waals surface area contributed by atoms with Gasteiger partial charge in [0.2, 0.25) is 0 Å². The molecule has 0 bridgehead atoms. The van der Waals surface area contributed by atoms with Crippen LogP contribution in [0.25, 0.3) is 11.1 Å². The van der Waals surface area contributed by atoms with Crippen LogP contribution < -0.4 is 9.46 Å². The summed E-state index contributed by atoms with van der Waals surface area (Å²) in [6, 6.07) is 8.22. The molecule has 1 atom stereocenters. The number of ether oxygens (including phenoxy) is 1. The molecule has 160 valence electrons. The molecule has 1 aromatic carbocycles. The highest BCUT2D eigenvalue weighted by atomic mass is 32.2. The third kappa shape index (κ3) is 5.56. The van der Waals surface area contributed by atoms with Gasteiger partial charge in [-0.25, -0.2) is 18.7 Å². The quantitative estimate of drug-likeness (QED) is 0.512. The van der Waals surface area contributed by atoms with Gasteiger partial charge in [-0.05, 0) is 48.9 Å². The third-order valence-corrected chi connectivity index (χ3v) is 5.95. The normalized spacial score (nSPS) is 12.2. The number of aryl methyl sites for hydroxylation is 2. The Morgan fingerprint density at radius 2 is 2.07 bits per heavy atom. The fourth-order valence-corrected chi connectivity index (χ4v) is 4.67. The van der Waals surface area contributed by atoms with Gasteiger partial charge >= 0.3 is 6.09 Å². The van der Waals surface area contributed by atoms with Gasteiger partial charge in [0.25, 0.3) is 11.3 Å². The molecule has 3 rings (SSSR count). The molecule has 3 aromatic rings. The number of benzene rings is 1. The van der Waals surface area contributed by atoms with Crippen molar-refractivity contribution in [2.75, 3.05) is 0 Å². The van der Waals surface area contributed by atoms with E-state index in [1.165, 1.54) is 11.3 Å². The Bertz CT molecular complexity index is 1070. The number of aromatic nitrogens is 2. The Morgan fingerprint density at radius 1 is 1.30 bits per heavy atom. The lowest BCUT2D eigenvalue weighted by atomic mass is 9.99. The Balaban J connectivity index is 1.92. The van der Waals surface area contributed by atoms with Gasteiger partial charge in [-0.3, -0.25) is 4.55 Å². The molecule has 7 nitrogen and oxygen atoms in total. The topological polar surface area (TPSA) is 93.5 Å². The number of carbonyl (C=O) groups excluding carboxylic acids is 1. The summed E-state index contributed by atoms with van der Waals surface area (Å²) < 4.78 is 29.0. The lowest BCUT2D eigenvalue weighted by Gasteiger charge is -2.11. The summed E-state index contributed by atoms with van der Waals surface area (Å²) >= 11 is -1.09. The van der Waals surface area contributed by atoms with Crippen molar-refractivity contribution in [1.82, 2.24) is 14.3 Å². The molecular weight excluding hydrogens is 422 g/mol. The van der Waals surface area contributed by atoms with Gasteiger partial charge in [0.05, 0.1) is 0 Å². The highest BCUT2D eigenvalue weighted by Crippen LogP contribution is 2.41. The van der Waals surface area contributed by atoms with Crippen LogP contribution in [0.2, 0.25) is 0 Å². The van der Waals surface area contributed by atoms with E-state index in [0.29, 0.717) is 11.0 Å². The average Bonchev–Trinajstić information content (AvgIpc) is 3.20. The first-order valence-electron chi connectivity index (χ1n) is 9.52. The molecular formula is C21H25N3O4S2. The Morgan fingerprint density at radius 3 is 2.67 bits per heavy atom. The number of hydrogen-bond acceptors (Lipinski definition) is 5. The van der Waals surface area contributed by atoms with E-state index in [9.17, 15) is 9.00 Å². The predicted octanol–water partition coefficient (Wildman–Crippen LogP) is 4.70. The molecule has 0 spiro atoms. The van der Waals surface area contributed by atoms with Crippen molar-refractivity contribution >= 4 is 28.7 Å². The van der Waals surface area contributed by atoms with Crippen LogP contribution in [0, 0.1) is 19.8 Å². The molecule has 0 saturated carbocycles. The second kappa shape index (κ2) is 9.55. The summed E-state index contributed by atoms with van der Waals surface area (Å²) in [4.78, 5) is 17.2. The van der Waals surface area contributed by atoms with Crippen LogP contribution in [-0.4, -0.2) is 24.4 Å². The van der Waals surface area contributed by atoms with Gasteiger partial charge in [0.1, 0.15) is 5.82 Å². The lowest BCUT2D eigenvalue weighted by molar-refractivity contribution is 0.208. The molecule has 2 aromatic heterocycles. The first kappa shape index (κ1) is 22.2. The molecule has 0 aliphatic carbocycles. The van der Waals surface area contributed by atoms with Crippen LogP contribution in [0.4, 0.5) is 4.79 Å². The van der Waals surface area contributed by atoms with E-state index >= 15 is 0 Å². The lowest BCUT2D eigenvalue weighted by Crippen LogP contribution is -2.28. The summed E-state index contributed by atoms with van der Waals surface area (Å²) in [5.74, 6) is 1.40. The smallest absolute Gasteiger partial charge is 0.398 e. The zero-order valence-electron chi connectivity index (χ0n) is 17.3. The van der Waals surface area contributed by atoms with Crippen LogP contribution in [0.5, 0.6) is 5.06 Å². The van der Waals surface area contributed by atoms with E-state index in [0.717, 1.165) is 45.9 Å². The molecule has 2 N–H and O–H groups in total. The largest absolute Gasteiger partial charge is 0.427 e. The van der Waals surface area contributed by atoms with Crippen LogP contribution in [-0.2, 0) is 24.2 Å². The van der Waals surface area contributed by atoms with E-state index in [1.807, 2.05) is 43.0 Å². The van der Waals surface area contributed by atoms with E-state index in [4.69, 9.17) is 9.29 Å². The number of nitrogens with zero attached hydrogens (tertiary/aromatic N) is 2. The second-order valence-electron chi connectivity index (χ2n) is 7.50. The molecule has 9 heteroatoms. The zero-order chi connectivity index (χ0) is 21.8. The van der Waals surface area contributed by atoms with Crippen molar-refractivity contribution in [3.63, 3.8) is 0 Å². The molecule has 0 saturated heterocycles. The van der Waals surface area contributed by atoms with Gasteiger partial charge in [-0.1, -0.05) is 32.0 Å². The summed E-state index contributed by atoms with van der Waals surface area (Å²) in [6.45, 7) is 8.96. The average molecular weight is 448 g/mol. The van der Waals surface area contributed by atoms with Crippen molar-refractivity contribution in [2.24, 2.45) is 5.92 Å². The Labute approximate surface area is 182 Å². The number of rotatable bonds is 7. The maximum Gasteiger partial charge on any atom is 0.427 e. The third-order valence-electron chi connectivity index (χ3n) is 4.57. The minimum atomic E-state index is -2.48. The summed E-state index contributed by atoms with van der Waals surface area (Å²) in [7, 11) is 0. The van der Waals surface area contributed by atoms with Crippen LogP contribution in [0.3, 0.4) is 0 Å². The summed E-state index contributed by atoms with van der Waals surface area (Å²) in [5.41, 5.74) is 3.96. The van der Waals surface area contributed by atoms with Crippen molar-refractivity contribution in [3.05, 3.63) is 58.5 Å². The van der Waals surface area contributed by atoms with Crippen LogP contribution >= 0.6 is 11.3 Å². The molecule has 1 unspecified atom stereocenters. The molecule has 0 fully saturated rings. The van der Waals surface area contributed by atoms with Gasteiger partial charge in [-0.2, -0.15) is 0 Å². The maximum atomic E-state index is 11.9. The van der Waals surface area contributed by atoms with Crippen molar-refractivity contribution < 1.29 is 18.3 Å². The Hall–Kier alpha value is -2.49. The highest BCUT2D eigenvalue weighted by molar-refractivity contribution is 7.77. The minimum Gasteiger partial charge on any atom is -0.398 e. The number of amides is 1. The summed E-state index contributed by atoms with van der Waals surface area (Å²) in [5, 5.41) is 0.412. The monoisotopic (exact) mass is 447 g/mol. The first-order chi connectivity index (χ1) is 14.2. The minimum absolute atomic E-state index is 0.412. The number of imidazole rings is 1. The number of nitrogens with one attached hydrogen (secondary N) is 1. The molecule has 0 radical (unpaired) electrons. The summed E-state index contributed by atoms with van der Waals surface area (Å²) in [6.07, 6.45) is 3.63. The van der Waals surface area contributed by atoms with Gasteiger partial charge in [-0.15, -0.1) is 11.3 Å². The van der Waals surface area contributed by atoms with Gasteiger partial charge in [0, 0.05) is 29.4 Å². The highest BCUT2D eigenvalue weighted by Gasteiger charge is 2.19. The maximum absolute atomic E-state index is 11.9. The fourth-order valence-electron chi connectivity index (χ4n) is 3.26. The SMILES string of the molecule is Cc1cc(Cn2ccnc2C)ccc1-c1cc(CC(C)C)sc1OC(=O)NS(=O)O.